The molecule has 2 N–H and O–H groups in total. The Balaban J connectivity index is 1.84. The largest absolute Gasteiger partial charge is 0.383 e. The highest BCUT2D eigenvalue weighted by molar-refractivity contribution is 7.89. The maximum absolute atomic E-state index is 12.8. The van der Waals surface area contributed by atoms with Crippen molar-refractivity contribution in [1.29, 1.82) is 0 Å². The van der Waals surface area contributed by atoms with Crippen molar-refractivity contribution in [2.75, 3.05) is 39.9 Å². The lowest BCUT2D eigenvalue weighted by atomic mass is 9.97. The molecule has 152 valence electrons. The van der Waals surface area contributed by atoms with Gasteiger partial charge in [-0.15, -0.1) is 0 Å². The first-order valence-electron chi connectivity index (χ1n) is 8.73. The van der Waals surface area contributed by atoms with Gasteiger partial charge in [0.25, 0.3) is 0 Å². The second kappa shape index (κ2) is 9.29. The van der Waals surface area contributed by atoms with Gasteiger partial charge in [-0.2, -0.15) is 4.31 Å². The van der Waals surface area contributed by atoms with Gasteiger partial charge in [0.1, 0.15) is 10.6 Å². The van der Waals surface area contributed by atoms with Crippen molar-refractivity contribution in [2.45, 2.75) is 31.6 Å². The third kappa shape index (κ3) is 5.27. The molecule has 0 radical (unpaired) electrons. The zero-order chi connectivity index (χ0) is 20.0. The van der Waals surface area contributed by atoms with Gasteiger partial charge in [0.05, 0.1) is 13.2 Å². The summed E-state index contributed by atoms with van der Waals surface area (Å²) >= 11 is 0. The zero-order valence-corrected chi connectivity index (χ0v) is 16.6. The molecule has 1 fully saturated rings. The van der Waals surface area contributed by atoms with Crippen molar-refractivity contribution in [2.24, 2.45) is 5.92 Å². The minimum atomic E-state index is -3.70. The number of piperidine rings is 1. The van der Waals surface area contributed by atoms with Crippen molar-refractivity contribution in [3.05, 3.63) is 11.5 Å². The van der Waals surface area contributed by atoms with E-state index in [1.165, 1.54) is 11.4 Å². The molecule has 0 bridgehead atoms. The number of sulfonamides is 1. The minimum Gasteiger partial charge on any atom is -0.383 e. The van der Waals surface area contributed by atoms with Crippen LogP contribution in [0.3, 0.4) is 0 Å². The van der Waals surface area contributed by atoms with Gasteiger partial charge in [-0.25, -0.2) is 8.42 Å². The number of hydrogen-bond donors (Lipinski definition) is 2. The number of aryl methyl sites for hydroxylation is 2. The van der Waals surface area contributed by atoms with Crippen molar-refractivity contribution >= 4 is 21.8 Å². The highest BCUT2D eigenvalue weighted by atomic mass is 32.2. The van der Waals surface area contributed by atoms with E-state index in [1.54, 1.807) is 13.8 Å². The summed E-state index contributed by atoms with van der Waals surface area (Å²) in [6.07, 6.45) is 0.777. The first-order valence-corrected chi connectivity index (χ1v) is 10.2. The Morgan fingerprint density at radius 3 is 2.48 bits per heavy atom. The van der Waals surface area contributed by atoms with Crippen molar-refractivity contribution in [3.63, 3.8) is 0 Å². The average molecular weight is 402 g/mol. The molecule has 0 aliphatic carbocycles. The monoisotopic (exact) mass is 402 g/mol. The molecule has 0 atom stereocenters. The fourth-order valence-electron chi connectivity index (χ4n) is 3.00. The Morgan fingerprint density at radius 1 is 1.26 bits per heavy atom. The van der Waals surface area contributed by atoms with Crippen LogP contribution in [0.15, 0.2) is 9.42 Å². The summed E-state index contributed by atoms with van der Waals surface area (Å²) in [5, 5.41) is 8.90. The van der Waals surface area contributed by atoms with Crippen LogP contribution in [0.1, 0.15) is 24.3 Å². The van der Waals surface area contributed by atoms with E-state index in [-0.39, 0.29) is 48.0 Å². The Hall–Kier alpha value is -1.98. The highest BCUT2D eigenvalue weighted by Crippen LogP contribution is 2.27. The third-order valence-corrected chi connectivity index (χ3v) is 6.59. The third-order valence-electron chi connectivity index (χ3n) is 4.44. The molecule has 0 saturated carbocycles. The zero-order valence-electron chi connectivity index (χ0n) is 15.8. The molecule has 2 amide bonds. The molecule has 2 rings (SSSR count). The molecule has 27 heavy (non-hydrogen) atoms. The Kier molecular flexibility index (Phi) is 7.33. The maximum atomic E-state index is 12.8. The molecule has 1 aromatic rings. The number of methoxy groups -OCH3 is 1. The van der Waals surface area contributed by atoms with E-state index < -0.39 is 10.0 Å². The van der Waals surface area contributed by atoms with Crippen LogP contribution in [0, 0.1) is 19.8 Å². The number of nitrogens with zero attached hydrogens (tertiary/aromatic N) is 2. The average Bonchev–Trinajstić information content (AvgIpc) is 2.99. The second-order valence-electron chi connectivity index (χ2n) is 6.39. The molecule has 1 aliphatic rings. The Morgan fingerprint density at radius 2 is 1.93 bits per heavy atom. The molecule has 1 aliphatic heterocycles. The van der Waals surface area contributed by atoms with Crippen LogP contribution in [0.25, 0.3) is 0 Å². The van der Waals surface area contributed by atoms with E-state index >= 15 is 0 Å². The van der Waals surface area contributed by atoms with Gasteiger partial charge >= 0.3 is 0 Å². The van der Waals surface area contributed by atoms with Crippen LogP contribution < -0.4 is 10.6 Å². The lowest BCUT2D eigenvalue weighted by molar-refractivity contribution is -0.129. The second-order valence-corrected chi connectivity index (χ2v) is 8.27. The molecule has 11 heteroatoms. The number of rotatable bonds is 8. The summed E-state index contributed by atoms with van der Waals surface area (Å²) in [6, 6.07) is 0. The van der Waals surface area contributed by atoms with E-state index in [2.05, 4.69) is 15.8 Å². The summed E-state index contributed by atoms with van der Waals surface area (Å²) in [5.74, 6) is -0.607. The molecule has 0 spiro atoms. The molecule has 1 aromatic heterocycles. The number of hydrogen-bond acceptors (Lipinski definition) is 7. The Bertz CT molecular complexity index is 748. The Labute approximate surface area is 158 Å². The van der Waals surface area contributed by atoms with Crippen LogP contribution in [0.2, 0.25) is 0 Å². The minimum absolute atomic E-state index is 0.0955. The SMILES string of the molecule is COCCNC(=O)CNC(=O)C1CCN(S(=O)(=O)c2c(C)noc2C)CC1. The standard InChI is InChI=1S/C16H26N4O6S/c1-11-15(12(2)26-19-11)27(23,24)20-7-4-13(5-8-20)16(22)18-10-14(21)17-6-9-25-3/h13H,4-10H2,1-3H3,(H,17,21)(H,18,22). The van der Waals surface area contributed by atoms with E-state index in [1.807, 2.05) is 0 Å². The molecule has 0 unspecified atom stereocenters. The summed E-state index contributed by atoms with van der Waals surface area (Å²) in [4.78, 5) is 23.9. The summed E-state index contributed by atoms with van der Waals surface area (Å²) < 4.78 is 36.7. The number of nitrogens with one attached hydrogen (secondary N) is 2. The number of ether oxygens (including phenoxy) is 1. The van der Waals surface area contributed by atoms with Crippen LogP contribution in [-0.4, -0.2) is 69.6 Å². The van der Waals surface area contributed by atoms with Crippen LogP contribution >= 0.6 is 0 Å². The van der Waals surface area contributed by atoms with E-state index in [0.29, 0.717) is 31.7 Å². The first-order chi connectivity index (χ1) is 12.8. The topological polar surface area (TPSA) is 131 Å². The van der Waals surface area contributed by atoms with Crippen LogP contribution in [0.4, 0.5) is 0 Å². The fourth-order valence-corrected chi connectivity index (χ4v) is 4.76. The van der Waals surface area contributed by atoms with Crippen molar-refractivity contribution < 1.29 is 27.3 Å². The van der Waals surface area contributed by atoms with E-state index in [9.17, 15) is 18.0 Å². The highest BCUT2D eigenvalue weighted by Gasteiger charge is 2.35. The predicted molar refractivity (Wildman–Crippen MR) is 95.4 cm³/mol. The lowest BCUT2D eigenvalue weighted by Gasteiger charge is -2.30. The van der Waals surface area contributed by atoms with Gasteiger partial charge in [0.15, 0.2) is 5.76 Å². The lowest BCUT2D eigenvalue weighted by Crippen LogP contribution is -2.45. The van der Waals surface area contributed by atoms with Gasteiger partial charge in [-0.05, 0) is 26.7 Å². The molecule has 0 aromatic carbocycles. The van der Waals surface area contributed by atoms with Crippen molar-refractivity contribution in [3.8, 4) is 0 Å². The van der Waals surface area contributed by atoms with E-state index in [0.717, 1.165) is 0 Å². The first kappa shape index (κ1) is 21.3. The van der Waals surface area contributed by atoms with Gasteiger partial charge < -0.3 is 19.9 Å². The van der Waals surface area contributed by atoms with Crippen molar-refractivity contribution in [1.82, 2.24) is 20.1 Å². The fraction of sp³-hybridized carbons (Fsp3) is 0.688. The summed E-state index contributed by atoms with van der Waals surface area (Å²) in [6.45, 7) is 4.27. The van der Waals surface area contributed by atoms with Gasteiger partial charge in [-0.1, -0.05) is 5.16 Å². The van der Waals surface area contributed by atoms with E-state index in [4.69, 9.17) is 9.26 Å². The number of carbonyl (C=O) groups excluding carboxylic acids is 2. The predicted octanol–water partition coefficient (Wildman–Crippen LogP) is -0.429. The van der Waals surface area contributed by atoms with Crippen LogP contribution in [-0.2, 0) is 24.3 Å². The smallest absolute Gasteiger partial charge is 0.248 e. The van der Waals surface area contributed by atoms with Crippen LogP contribution in [0.5, 0.6) is 0 Å². The number of aromatic nitrogens is 1. The van der Waals surface area contributed by atoms with Gasteiger partial charge in [0.2, 0.25) is 21.8 Å². The van der Waals surface area contributed by atoms with Gasteiger partial charge in [-0.3, -0.25) is 9.59 Å². The molecular formula is C16H26N4O6S. The summed E-state index contributed by atoms with van der Waals surface area (Å²) in [7, 11) is -2.16. The molecule has 2 heterocycles. The molecule has 10 nitrogen and oxygen atoms in total. The molecular weight excluding hydrogens is 376 g/mol. The number of carbonyl (C=O) groups is 2. The van der Waals surface area contributed by atoms with Gasteiger partial charge in [0, 0.05) is 32.7 Å². The number of amides is 2. The normalized spacial score (nSPS) is 16.3. The maximum Gasteiger partial charge on any atom is 0.248 e. The quantitative estimate of drug-likeness (QED) is 0.564. The summed E-state index contributed by atoms with van der Waals surface area (Å²) in [5.41, 5.74) is 0.326. The molecule has 1 saturated heterocycles.